The van der Waals surface area contributed by atoms with Gasteiger partial charge in [-0.3, -0.25) is 4.57 Å². The van der Waals surface area contributed by atoms with Gasteiger partial charge in [0.05, 0.1) is 27.8 Å². The van der Waals surface area contributed by atoms with Crippen molar-refractivity contribution in [2.75, 3.05) is 9.62 Å². The van der Waals surface area contributed by atoms with Crippen molar-refractivity contribution in [2.45, 2.75) is 26.2 Å². The molecule has 0 saturated heterocycles. The summed E-state index contributed by atoms with van der Waals surface area (Å²) in [5, 5.41) is 2.38. The Morgan fingerprint density at radius 1 is 0.597 bits per heavy atom. The summed E-state index contributed by atoms with van der Waals surface area (Å²) in [6, 6.07) is 73.4. The number of hydrogen-bond acceptors (Lipinski definition) is 4. The Balaban J connectivity index is 0.00000468. The number of nitrogens with zero attached hydrogens (tertiary/aromatic N) is 6. The Labute approximate surface area is 404 Å². The van der Waals surface area contributed by atoms with E-state index in [4.69, 9.17) is 9.72 Å². The molecule has 0 N–H and O–H groups in total. The normalized spacial score (nSPS) is 12.8. The molecule has 2 aliphatic rings. The van der Waals surface area contributed by atoms with E-state index in [-0.39, 0.29) is 33.5 Å². The summed E-state index contributed by atoms with van der Waals surface area (Å²) in [6.45, 7) is 6.54. The Morgan fingerprint density at radius 3 is 2.18 bits per heavy atom. The zero-order chi connectivity index (χ0) is 44.1. The fourth-order valence-corrected chi connectivity index (χ4v) is 10.1. The third-order valence-electron chi connectivity index (χ3n) is 13.1. The van der Waals surface area contributed by atoms with Crippen LogP contribution in [0.3, 0.4) is 0 Å². The number of para-hydroxylation sites is 6. The van der Waals surface area contributed by atoms with E-state index < -0.39 is 0 Å². The van der Waals surface area contributed by atoms with Crippen molar-refractivity contribution in [3.63, 3.8) is 0 Å². The number of aromatic nitrogens is 4. The second-order valence-electron chi connectivity index (χ2n) is 18.1. The van der Waals surface area contributed by atoms with Crippen molar-refractivity contribution in [3.8, 4) is 39.7 Å². The fraction of sp³-hybridized carbons (Fsp3) is 0.0690. The molecule has 0 fully saturated rings. The zero-order valence-corrected chi connectivity index (χ0v) is 39.2. The third kappa shape index (κ3) is 6.46. The summed E-state index contributed by atoms with van der Waals surface area (Å²) < 4.78 is 13.4. The van der Waals surface area contributed by atoms with E-state index in [1.165, 1.54) is 32.9 Å². The Hall–Kier alpha value is -7.67. The number of anilines is 4. The molecule has 67 heavy (non-hydrogen) atoms. The van der Waals surface area contributed by atoms with Gasteiger partial charge in [0, 0.05) is 66.5 Å². The maximum Gasteiger partial charge on any atom is 0.409 e. The first-order valence-corrected chi connectivity index (χ1v) is 22.4. The number of benzene rings is 8. The van der Waals surface area contributed by atoms with E-state index in [0.29, 0.717) is 11.5 Å². The maximum absolute atomic E-state index is 6.77. The summed E-state index contributed by atoms with van der Waals surface area (Å²) in [6.07, 6.45) is 5.68. The molecule has 3 aromatic heterocycles. The average molecular weight is 1040 g/mol. The minimum atomic E-state index is -0.181. The van der Waals surface area contributed by atoms with E-state index in [1.54, 1.807) is 0 Å². The molecule has 0 aliphatic carbocycles. The quantitative estimate of drug-likeness (QED) is 0.0945. The number of imidazole rings is 1. The van der Waals surface area contributed by atoms with Gasteiger partial charge in [0.1, 0.15) is 5.82 Å². The van der Waals surface area contributed by atoms with Crippen LogP contribution >= 0.6 is 0 Å². The van der Waals surface area contributed by atoms with Crippen LogP contribution < -0.4 is 24.4 Å². The molecule has 2 aliphatic heterocycles. The minimum Gasteiger partial charge on any atom is -0.510 e. The zero-order valence-electron chi connectivity index (χ0n) is 37.0. The fourth-order valence-electron chi connectivity index (χ4n) is 10.1. The van der Waals surface area contributed by atoms with Crippen LogP contribution in [-0.2, 0) is 26.5 Å². The minimum absolute atomic E-state index is 0. The second-order valence-corrected chi connectivity index (χ2v) is 18.1. The third-order valence-corrected chi connectivity index (χ3v) is 13.1. The number of rotatable bonds is 6. The molecule has 0 unspecified atom stereocenters. The van der Waals surface area contributed by atoms with Crippen LogP contribution in [0.4, 0.5) is 22.9 Å². The molecular formula is C58H41BN6OPt-2. The van der Waals surface area contributed by atoms with Gasteiger partial charge in [0.25, 0.3) is 6.33 Å². The van der Waals surface area contributed by atoms with Crippen LogP contribution in [0.15, 0.2) is 194 Å². The number of hydrogen-bond donors (Lipinski definition) is 0. The molecule has 0 bridgehead atoms. The summed E-state index contributed by atoms with van der Waals surface area (Å²) >= 11 is 0. The molecule has 8 aromatic carbocycles. The van der Waals surface area contributed by atoms with Crippen LogP contribution in [0.1, 0.15) is 26.3 Å². The van der Waals surface area contributed by atoms with Crippen LogP contribution in [0, 0.1) is 18.5 Å². The molecule has 0 saturated carbocycles. The summed E-state index contributed by atoms with van der Waals surface area (Å²) in [4.78, 5) is 9.78. The van der Waals surface area contributed by atoms with E-state index in [0.717, 1.165) is 62.0 Å². The summed E-state index contributed by atoms with van der Waals surface area (Å²) in [7, 11) is 0. The van der Waals surface area contributed by atoms with Crippen molar-refractivity contribution in [2.24, 2.45) is 0 Å². The second kappa shape index (κ2) is 15.8. The standard InChI is InChI=1S/C58H41BN6O.Pt/c1-58(2,3)39-33-34-60-56(35-39)65-55-37-43(31-32-53(55)64-50-27-12-9-22-45(50)44-21-7-10-25-48(44)59(64)65)66-42-20-15-19-41(36-42)61-38-62(52-29-14-13-28-51(52)61)54-30-16-24-47-46-23-8-11-26-49(46)63(57(47)54)40-17-5-4-6-18-40;/h4-35H,1-3H3;/q-2;. The van der Waals surface area contributed by atoms with E-state index >= 15 is 0 Å². The molecule has 0 atom stereocenters. The molecule has 324 valence electrons. The van der Waals surface area contributed by atoms with Crippen LogP contribution in [-0.4, -0.2) is 21.1 Å². The van der Waals surface area contributed by atoms with Crippen molar-refractivity contribution in [1.82, 2.24) is 14.1 Å². The molecule has 7 nitrogen and oxygen atoms in total. The number of ether oxygens (including phenoxy) is 1. The topological polar surface area (TPSA) is 42.3 Å². The van der Waals surface area contributed by atoms with Gasteiger partial charge in [-0.25, -0.2) is 4.98 Å². The van der Waals surface area contributed by atoms with Gasteiger partial charge in [-0.2, -0.15) is 12.1 Å². The summed E-state index contributed by atoms with van der Waals surface area (Å²) in [5.74, 6) is 2.01. The Bertz CT molecular complexity index is 3720. The van der Waals surface area contributed by atoms with Crippen molar-refractivity contribution in [1.29, 1.82) is 0 Å². The Morgan fingerprint density at radius 2 is 1.31 bits per heavy atom. The molecule has 0 spiro atoms. The molecule has 0 radical (unpaired) electrons. The number of pyridine rings is 1. The van der Waals surface area contributed by atoms with Gasteiger partial charge in [0.2, 0.25) is 0 Å². The smallest absolute Gasteiger partial charge is 0.409 e. The van der Waals surface area contributed by atoms with Gasteiger partial charge in [-0.15, -0.1) is 30.3 Å². The first-order chi connectivity index (χ1) is 32.4. The molecule has 5 heterocycles. The molecule has 13 rings (SSSR count). The monoisotopic (exact) mass is 1040 g/mol. The van der Waals surface area contributed by atoms with Crippen LogP contribution in [0.25, 0.3) is 61.0 Å². The van der Waals surface area contributed by atoms with E-state index in [2.05, 4.69) is 232 Å². The van der Waals surface area contributed by atoms with Gasteiger partial charge in [-0.05, 0) is 70.2 Å². The average Bonchev–Trinajstić information content (AvgIpc) is 4.03. The molecular weight excluding hydrogens is 1000 g/mol. The van der Waals surface area contributed by atoms with Crippen molar-refractivity contribution in [3.05, 3.63) is 218 Å². The predicted molar refractivity (Wildman–Crippen MR) is 267 cm³/mol. The van der Waals surface area contributed by atoms with Gasteiger partial charge < -0.3 is 23.5 Å². The summed E-state index contributed by atoms with van der Waals surface area (Å²) in [5.41, 5.74) is 15.0. The van der Waals surface area contributed by atoms with E-state index in [9.17, 15) is 0 Å². The van der Waals surface area contributed by atoms with Crippen molar-refractivity contribution >= 4 is 68.2 Å². The first kappa shape index (κ1) is 40.8. The van der Waals surface area contributed by atoms with Gasteiger partial charge >= 0.3 is 6.98 Å². The van der Waals surface area contributed by atoms with Gasteiger partial charge in [-0.1, -0.05) is 147 Å². The van der Waals surface area contributed by atoms with Crippen LogP contribution in [0.5, 0.6) is 11.5 Å². The first-order valence-electron chi connectivity index (χ1n) is 22.4. The largest absolute Gasteiger partial charge is 0.510 e. The van der Waals surface area contributed by atoms with E-state index in [1.807, 2.05) is 24.4 Å². The number of fused-ring (bicyclic) bond motifs is 12. The molecule has 0 amide bonds. The SMILES string of the molecule is CC(C)(C)c1ccnc(N2B3c4ccccc4-c4ccccc4N3c3ccc(Oc4[c-]c(-n5[c-][n+](-c6cccc7c8ccccc8n(-c8ccccc8)c67)c6ccccc65)ccc4)[c-]c32)c1.[Pt]. The maximum atomic E-state index is 6.77. The van der Waals surface area contributed by atoms with Crippen molar-refractivity contribution < 1.29 is 30.4 Å². The predicted octanol–water partition coefficient (Wildman–Crippen LogP) is 12.6. The molecule has 11 aromatic rings. The molecule has 9 heteroatoms. The van der Waals surface area contributed by atoms with Crippen LogP contribution in [0.2, 0.25) is 0 Å². The Kier molecular flexibility index (Phi) is 9.60. The van der Waals surface area contributed by atoms with Gasteiger partial charge in [0.15, 0.2) is 0 Å².